The molecule has 2 aromatic rings. The van der Waals surface area contributed by atoms with E-state index in [9.17, 15) is 0 Å². The summed E-state index contributed by atoms with van der Waals surface area (Å²) in [5, 5.41) is 3.88. The van der Waals surface area contributed by atoms with Crippen molar-refractivity contribution in [1.29, 1.82) is 0 Å². The molecular formula is C16H17BrN2OS. The smallest absolute Gasteiger partial charge is 0.173 e. The summed E-state index contributed by atoms with van der Waals surface area (Å²) in [6.07, 6.45) is 0. The summed E-state index contributed by atoms with van der Waals surface area (Å²) in [7, 11) is 3.62. The van der Waals surface area contributed by atoms with Crippen LogP contribution >= 0.6 is 28.1 Å². The monoisotopic (exact) mass is 364 g/mol. The fourth-order valence-corrected chi connectivity index (χ4v) is 2.47. The lowest BCUT2D eigenvalue weighted by atomic mass is 10.2. The quantitative estimate of drug-likeness (QED) is 0.818. The Morgan fingerprint density at radius 3 is 2.71 bits per heavy atom. The van der Waals surface area contributed by atoms with E-state index in [0.717, 1.165) is 22.5 Å². The summed E-state index contributed by atoms with van der Waals surface area (Å²) in [4.78, 5) is 1.99. The lowest BCUT2D eigenvalue weighted by Gasteiger charge is -2.22. The van der Waals surface area contributed by atoms with Crippen LogP contribution in [-0.4, -0.2) is 24.2 Å². The molecule has 0 saturated heterocycles. The zero-order valence-electron chi connectivity index (χ0n) is 12.0. The van der Waals surface area contributed by atoms with Crippen LogP contribution in [0.2, 0.25) is 0 Å². The number of hydrogen-bond donors (Lipinski definition) is 1. The maximum Gasteiger partial charge on any atom is 0.173 e. The Bertz CT molecular complexity index is 633. The maximum atomic E-state index is 5.44. The minimum Gasteiger partial charge on any atom is -0.497 e. The van der Waals surface area contributed by atoms with Gasteiger partial charge in [0.25, 0.3) is 0 Å². The van der Waals surface area contributed by atoms with Gasteiger partial charge in [-0.25, -0.2) is 0 Å². The Labute approximate surface area is 139 Å². The van der Waals surface area contributed by atoms with Crippen LogP contribution < -0.4 is 10.1 Å². The van der Waals surface area contributed by atoms with Gasteiger partial charge in [0, 0.05) is 29.8 Å². The molecule has 0 aliphatic rings. The highest BCUT2D eigenvalue weighted by Crippen LogP contribution is 2.19. The van der Waals surface area contributed by atoms with Crippen molar-refractivity contribution < 1.29 is 4.74 Å². The van der Waals surface area contributed by atoms with Gasteiger partial charge in [-0.2, -0.15) is 0 Å². The molecule has 1 N–H and O–H groups in total. The first-order valence-electron chi connectivity index (χ1n) is 6.49. The first kappa shape index (κ1) is 15.8. The van der Waals surface area contributed by atoms with E-state index < -0.39 is 0 Å². The van der Waals surface area contributed by atoms with Crippen molar-refractivity contribution >= 4 is 38.9 Å². The van der Waals surface area contributed by atoms with Crippen LogP contribution in [0.3, 0.4) is 0 Å². The van der Waals surface area contributed by atoms with Gasteiger partial charge in [0.1, 0.15) is 5.75 Å². The maximum absolute atomic E-state index is 5.44. The van der Waals surface area contributed by atoms with E-state index in [0.29, 0.717) is 5.11 Å². The van der Waals surface area contributed by atoms with Gasteiger partial charge in [0.05, 0.1) is 7.11 Å². The van der Waals surface area contributed by atoms with Gasteiger partial charge >= 0.3 is 0 Å². The molecule has 0 spiro atoms. The third-order valence-electron chi connectivity index (χ3n) is 3.03. The van der Waals surface area contributed by atoms with Crippen molar-refractivity contribution in [3.8, 4) is 5.75 Å². The van der Waals surface area contributed by atoms with Crippen molar-refractivity contribution in [2.75, 3.05) is 19.5 Å². The third kappa shape index (κ3) is 4.44. The Morgan fingerprint density at radius 2 is 2.00 bits per heavy atom. The fourth-order valence-electron chi connectivity index (χ4n) is 1.87. The van der Waals surface area contributed by atoms with Crippen LogP contribution in [0.4, 0.5) is 5.69 Å². The van der Waals surface area contributed by atoms with Gasteiger partial charge in [0.2, 0.25) is 0 Å². The number of benzene rings is 2. The molecule has 3 nitrogen and oxygen atoms in total. The van der Waals surface area contributed by atoms with Crippen molar-refractivity contribution in [1.82, 2.24) is 4.90 Å². The zero-order chi connectivity index (χ0) is 15.2. The number of nitrogens with zero attached hydrogens (tertiary/aromatic N) is 1. The second-order valence-electron chi connectivity index (χ2n) is 4.61. The van der Waals surface area contributed by atoms with E-state index in [1.165, 1.54) is 5.56 Å². The van der Waals surface area contributed by atoms with Crippen molar-refractivity contribution in [2.45, 2.75) is 6.54 Å². The molecule has 0 amide bonds. The summed E-state index contributed by atoms with van der Waals surface area (Å²) in [5.41, 5.74) is 2.10. The molecule has 2 aromatic carbocycles. The average Bonchev–Trinajstić information content (AvgIpc) is 2.49. The van der Waals surface area contributed by atoms with Crippen molar-refractivity contribution in [3.05, 3.63) is 58.6 Å². The molecule has 0 unspecified atom stereocenters. The number of halogens is 1. The second kappa shape index (κ2) is 7.43. The predicted molar refractivity (Wildman–Crippen MR) is 94.8 cm³/mol. The molecule has 0 saturated carbocycles. The van der Waals surface area contributed by atoms with Gasteiger partial charge < -0.3 is 15.0 Å². The van der Waals surface area contributed by atoms with Crippen LogP contribution in [0.25, 0.3) is 0 Å². The normalized spacial score (nSPS) is 10.0. The molecule has 0 heterocycles. The summed E-state index contributed by atoms with van der Waals surface area (Å²) in [5.74, 6) is 0.802. The lowest BCUT2D eigenvalue weighted by molar-refractivity contribution is 0.415. The molecular weight excluding hydrogens is 348 g/mol. The molecule has 5 heteroatoms. The van der Waals surface area contributed by atoms with Crippen LogP contribution in [0, 0.1) is 0 Å². The molecule has 0 aromatic heterocycles. The lowest BCUT2D eigenvalue weighted by Crippen LogP contribution is -2.30. The number of anilines is 1. The van der Waals surface area contributed by atoms with Gasteiger partial charge in [-0.1, -0.05) is 40.2 Å². The molecule has 110 valence electrons. The minimum absolute atomic E-state index is 0.666. The number of rotatable bonds is 4. The SMILES string of the molecule is COc1cccc(NC(=S)N(C)Cc2ccccc2Br)c1. The Kier molecular flexibility index (Phi) is 5.59. The molecule has 0 bridgehead atoms. The molecule has 0 fully saturated rings. The van der Waals surface area contributed by atoms with E-state index in [1.54, 1.807) is 7.11 Å². The summed E-state index contributed by atoms with van der Waals surface area (Å²) in [6.45, 7) is 0.733. The van der Waals surface area contributed by atoms with Gasteiger partial charge in [-0.05, 0) is 36.0 Å². The van der Waals surface area contributed by atoms with E-state index in [4.69, 9.17) is 17.0 Å². The summed E-state index contributed by atoms with van der Waals surface area (Å²) in [6, 6.07) is 15.8. The van der Waals surface area contributed by atoms with Gasteiger partial charge in [-0.3, -0.25) is 0 Å². The number of nitrogens with one attached hydrogen (secondary N) is 1. The summed E-state index contributed by atoms with van der Waals surface area (Å²) < 4.78 is 6.29. The Hall–Kier alpha value is -1.59. The van der Waals surface area contributed by atoms with E-state index >= 15 is 0 Å². The Balaban J connectivity index is 2.01. The highest BCUT2D eigenvalue weighted by molar-refractivity contribution is 9.10. The first-order chi connectivity index (χ1) is 10.1. The topological polar surface area (TPSA) is 24.5 Å². The predicted octanol–water partition coefficient (Wildman–Crippen LogP) is 4.29. The van der Waals surface area contributed by atoms with E-state index in [-0.39, 0.29) is 0 Å². The number of hydrogen-bond acceptors (Lipinski definition) is 2. The number of thiocarbonyl (C=S) groups is 1. The van der Waals surface area contributed by atoms with Crippen LogP contribution in [0.15, 0.2) is 53.0 Å². The van der Waals surface area contributed by atoms with Crippen LogP contribution in [0.5, 0.6) is 5.75 Å². The highest BCUT2D eigenvalue weighted by Gasteiger charge is 2.08. The minimum atomic E-state index is 0.666. The molecule has 21 heavy (non-hydrogen) atoms. The average molecular weight is 365 g/mol. The standard InChI is InChI=1S/C16H17BrN2OS/c1-19(11-12-6-3-4-9-15(12)17)16(21)18-13-7-5-8-14(10-13)20-2/h3-10H,11H2,1-2H3,(H,18,21). The number of methoxy groups -OCH3 is 1. The fraction of sp³-hybridized carbons (Fsp3) is 0.188. The highest BCUT2D eigenvalue weighted by atomic mass is 79.9. The van der Waals surface area contributed by atoms with Crippen LogP contribution in [0.1, 0.15) is 5.56 Å². The third-order valence-corrected chi connectivity index (χ3v) is 4.22. The van der Waals surface area contributed by atoms with Gasteiger partial charge in [-0.15, -0.1) is 0 Å². The molecule has 0 atom stereocenters. The zero-order valence-corrected chi connectivity index (χ0v) is 14.4. The van der Waals surface area contributed by atoms with Crippen molar-refractivity contribution in [3.63, 3.8) is 0 Å². The second-order valence-corrected chi connectivity index (χ2v) is 5.85. The van der Waals surface area contributed by atoms with Crippen LogP contribution in [-0.2, 0) is 6.54 Å². The number of ether oxygens (including phenoxy) is 1. The van der Waals surface area contributed by atoms with E-state index in [2.05, 4.69) is 27.3 Å². The van der Waals surface area contributed by atoms with Crippen molar-refractivity contribution in [2.24, 2.45) is 0 Å². The molecule has 2 rings (SSSR count). The molecule has 0 aliphatic carbocycles. The first-order valence-corrected chi connectivity index (χ1v) is 7.70. The molecule has 0 radical (unpaired) electrons. The van der Waals surface area contributed by atoms with E-state index in [1.807, 2.05) is 54.4 Å². The largest absolute Gasteiger partial charge is 0.497 e. The Morgan fingerprint density at radius 1 is 1.24 bits per heavy atom. The summed E-state index contributed by atoms with van der Waals surface area (Å²) >= 11 is 8.99. The molecule has 0 aliphatic heterocycles. The van der Waals surface area contributed by atoms with Gasteiger partial charge in [0.15, 0.2) is 5.11 Å².